The van der Waals surface area contributed by atoms with Crippen LogP contribution in [-0.4, -0.2) is 16.8 Å². The van der Waals surface area contributed by atoms with Crippen LogP contribution in [0.1, 0.15) is 24.3 Å². The molecule has 0 aliphatic carbocycles. The standard InChI is InChI=1S/C10H10N2O3/c13-8-4-3-7(10(15)12-8)6-2-1-5-11-9(6)14/h1-2,5,7H,3-4H2,(H,11,14)(H,12,13,15). The Morgan fingerprint density at radius 2 is 2.07 bits per heavy atom. The minimum absolute atomic E-state index is 0.271. The molecule has 0 bridgehead atoms. The van der Waals surface area contributed by atoms with Gasteiger partial charge in [0.05, 0.1) is 5.92 Å². The molecule has 5 heteroatoms. The Bertz CT molecular complexity index is 464. The van der Waals surface area contributed by atoms with Crippen molar-refractivity contribution in [2.45, 2.75) is 18.8 Å². The Morgan fingerprint density at radius 3 is 2.73 bits per heavy atom. The molecule has 2 amide bonds. The van der Waals surface area contributed by atoms with E-state index in [1.54, 1.807) is 12.1 Å². The number of hydrogen-bond acceptors (Lipinski definition) is 3. The Morgan fingerprint density at radius 1 is 1.27 bits per heavy atom. The van der Waals surface area contributed by atoms with Gasteiger partial charge in [-0.05, 0) is 12.5 Å². The summed E-state index contributed by atoms with van der Waals surface area (Å²) in [5.74, 6) is -1.17. The molecule has 78 valence electrons. The van der Waals surface area contributed by atoms with Crippen molar-refractivity contribution in [3.05, 3.63) is 34.2 Å². The van der Waals surface area contributed by atoms with Crippen molar-refractivity contribution in [3.63, 3.8) is 0 Å². The molecular formula is C10H10N2O3. The number of aromatic amines is 1. The monoisotopic (exact) mass is 206 g/mol. The predicted molar refractivity (Wildman–Crippen MR) is 52.2 cm³/mol. The number of carbonyl (C=O) groups excluding carboxylic acids is 2. The van der Waals surface area contributed by atoms with Gasteiger partial charge in [0, 0.05) is 18.2 Å². The van der Waals surface area contributed by atoms with E-state index in [0.717, 1.165) is 0 Å². The number of pyridine rings is 1. The van der Waals surface area contributed by atoms with Crippen LogP contribution in [0.4, 0.5) is 0 Å². The van der Waals surface area contributed by atoms with Crippen LogP contribution in [-0.2, 0) is 9.59 Å². The Hall–Kier alpha value is -1.91. The van der Waals surface area contributed by atoms with Crippen molar-refractivity contribution in [1.82, 2.24) is 10.3 Å². The van der Waals surface area contributed by atoms with Crippen molar-refractivity contribution in [2.75, 3.05) is 0 Å². The maximum absolute atomic E-state index is 11.5. The molecule has 0 spiro atoms. The number of H-pyrrole nitrogens is 1. The molecule has 2 heterocycles. The normalized spacial score (nSPS) is 21.2. The molecule has 1 aliphatic heterocycles. The Labute approximate surface area is 85.5 Å². The van der Waals surface area contributed by atoms with Crippen molar-refractivity contribution < 1.29 is 9.59 Å². The molecule has 1 aliphatic rings. The number of piperidine rings is 1. The fourth-order valence-corrected chi connectivity index (χ4v) is 1.70. The smallest absolute Gasteiger partial charge is 0.251 e. The van der Waals surface area contributed by atoms with Gasteiger partial charge in [0.2, 0.25) is 11.8 Å². The van der Waals surface area contributed by atoms with E-state index in [0.29, 0.717) is 12.0 Å². The lowest BCUT2D eigenvalue weighted by Gasteiger charge is -2.19. The summed E-state index contributed by atoms with van der Waals surface area (Å²) in [6, 6.07) is 3.28. The summed E-state index contributed by atoms with van der Waals surface area (Å²) < 4.78 is 0. The number of rotatable bonds is 1. The van der Waals surface area contributed by atoms with Gasteiger partial charge in [0.25, 0.3) is 5.56 Å². The lowest BCUT2D eigenvalue weighted by molar-refractivity contribution is -0.134. The fraction of sp³-hybridized carbons (Fsp3) is 0.300. The lowest BCUT2D eigenvalue weighted by atomic mass is 9.91. The molecule has 1 saturated heterocycles. The highest BCUT2D eigenvalue weighted by Gasteiger charge is 2.29. The molecule has 0 radical (unpaired) electrons. The number of carbonyl (C=O) groups is 2. The summed E-state index contributed by atoms with van der Waals surface area (Å²) in [6.07, 6.45) is 2.19. The summed E-state index contributed by atoms with van der Waals surface area (Å²) in [5, 5.41) is 2.22. The number of nitrogens with one attached hydrogen (secondary N) is 2. The minimum atomic E-state index is -0.507. The summed E-state index contributed by atoms with van der Waals surface area (Å²) in [5.41, 5.74) is 0.148. The molecule has 5 nitrogen and oxygen atoms in total. The van der Waals surface area contributed by atoms with E-state index in [-0.39, 0.29) is 23.8 Å². The number of hydrogen-bond donors (Lipinski definition) is 2. The molecule has 2 rings (SSSR count). The Kier molecular flexibility index (Phi) is 2.37. The first-order valence-corrected chi connectivity index (χ1v) is 4.70. The zero-order valence-electron chi connectivity index (χ0n) is 7.95. The van der Waals surface area contributed by atoms with E-state index in [2.05, 4.69) is 10.3 Å². The van der Waals surface area contributed by atoms with Crippen LogP contribution >= 0.6 is 0 Å². The zero-order chi connectivity index (χ0) is 10.8. The van der Waals surface area contributed by atoms with Crippen LogP contribution < -0.4 is 10.9 Å². The molecule has 1 aromatic rings. The van der Waals surface area contributed by atoms with Gasteiger partial charge in [0.1, 0.15) is 0 Å². The molecule has 1 fully saturated rings. The second-order valence-electron chi connectivity index (χ2n) is 3.46. The van der Waals surface area contributed by atoms with E-state index < -0.39 is 5.92 Å². The first-order chi connectivity index (χ1) is 7.18. The van der Waals surface area contributed by atoms with Gasteiger partial charge in [0.15, 0.2) is 0 Å². The maximum atomic E-state index is 11.5. The summed E-state index contributed by atoms with van der Waals surface area (Å²) in [7, 11) is 0. The molecule has 15 heavy (non-hydrogen) atoms. The molecule has 1 unspecified atom stereocenters. The third-order valence-corrected chi connectivity index (χ3v) is 2.46. The molecule has 1 aromatic heterocycles. The highest BCUT2D eigenvalue weighted by Crippen LogP contribution is 2.21. The second-order valence-corrected chi connectivity index (χ2v) is 3.46. The van der Waals surface area contributed by atoms with Gasteiger partial charge >= 0.3 is 0 Å². The van der Waals surface area contributed by atoms with E-state index in [9.17, 15) is 14.4 Å². The Balaban J connectivity index is 2.32. The molecule has 0 aromatic carbocycles. The second kappa shape index (κ2) is 3.68. The molecule has 2 N–H and O–H groups in total. The highest BCUT2D eigenvalue weighted by molar-refractivity contribution is 6.00. The largest absolute Gasteiger partial charge is 0.329 e. The van der Waals surface area contributed by atoms with Gasteiger partial charge in [-0.1, -0.05) is 6.07 Å². The molecule has 1 atom stereocenters. The van der Waals surface area contributed by atoms with Gasteiger partial charge in [-0.2, -0.15) is 0 Å². The third kappa shape index (κ3) is 1.81. The average Bonchev–Trinajstić information content (AvgIpc) is 2.20. The van der Waals surface area contributed by atoms with Crippen LogP contribution in [0, 0.1) is 0 Å². The quantitative estimate of drug-likeness (QED) is 0.629. The highest BCUT2D eigenvalue weighted by atomic mass is 16.2. The van der Waals surface area contributed by atoms with E-state index in [1.165, 1.54) is 6.20 Å². The van der Waals surface area contributed by atoms with Gasteiger partial charge < -0.3 is 4.98 Å². The van der Waals surface area contributed by atoms with Crippen molar-refractivity contribution in [2.24, 2.45) is 0 Å². The first kappa shape index (κ1) is 9.64. The number of aromatic nitrogens is 1. The van der Waals surface area contributed by atoms with Crippen molar-refractivity contribution >= 4 is 11.8 Å². The van der Waals surface area contributed by atoms with E-state index in [4.69, 9.17) is 0 Å². The number of amides is 2. The predicted octanol–water partition coefficient (Wildman–Crippen LogP) is -0.105. The van der Waals surface area contributed by atoms with Crippen LogP contribution in [0.3, 0.4) is 0 Å². The minimum Gasteiger partial charge on any atom is -0.329 e. The zero-order valence-corrected chi connectivity index (χ0v) is 7.95. The molecular weight excluding hydrogens is 196 g/mol. The van der Waals surface area contributed by atoms with Crippen LogP contribution in [0.15, 0.2) is 23.1 Å². The van der Waals surface area contributed by atoms with Gasteiger partial charge in [-0.3, -0.25) is 19.7 Å². The first-order valence-electron chi connectivity index (χ1n) is 4.70. The average molecular weight is 206 g/mol. The number of imide groups is 1. The van der Waals surface area contributed by atoms with E-state index >= 15 is 0 Å². The van der Waals surface area contributed by atoms with Crippen LogP contribution in [0.2, 0.25) is 0 Å². The van der Waals surface area contributed by atoms with Crippen LogP contribution in [0.25, 0.3) is 0 Å². The fourth-order valence-electron chi connectivity index (χ4n) is 1.70. The summed E-state index contributed by atoms with van der Waals surface area (Å²) in [4.78, 5) is 36.3. The van der Waals surface area contributed by atoms with Gasteiger partial charge in [-0.25, -0.2) is 0 Å². The van der Waals surface area contributed by atoms with E-state index in [1.807, 2.05) is 0 Å². The van der Waals surface area contributed by atoms with Crippen molar-refractivity contribution in [1.29, 1.82) is 0 Å². The van der Waals surface area contributed by atoms with Crippen molar-refractivity contribution in [3.8, 4) is 0 Å². The maximum Gasteiger partial charge on any atom is 0.251 e. The van der Waals surface area contributed by atoms with Gasteiger partial charge in [-0.15, -0.1) is 0 Å². The van der Waals surface area contributed by atoms with Crippen LogP contribution in [0.5, 0.6) is 0 Å². The summed E-state index contributed by atoms with van der Waals surface area (Å²) >= 11 is 0. The SMILES string of the molecule is O=C1CCC(c2ccc[nH]c2=O)C(=O)N1. The molecule has 0 saturated carbocycles. The lowest BCUT2D eigenvalue weighted by Crippen LogP contribution is -2.41. The third-order valence-electron chi connectivity index (χ3n) is 2.46. The topological polar surface area (TPSA) is 79.0 Å². The summed E-state index contributed by atoms with van der Waals surface area (Å²) in [6.45, 7) is 0.